The first kappa shape index (κ1) is 13.3. The lowest BCUT2D eigenvalue weighted by molar-refractivity contribution is -0.121. The van der Waals surface area contributed by atoms with E-state index in [4.69, 9.17) is 0 Å². The van der Waals surface area contributed by atoms with Gasteiger partial charge in [-0.05, 0) is 12.5 Å². The molecule has 0 fully saturated rings. The molecule has 0 unspecified atom stereocenters. The van der Waals surface area contributed by atoms with E-state index in [1.165, 1.54) is 0 Å². The van der Waals surface area contributed by atoms with Gasteiger partial charge in [-0.3, -0.25) is 9.78 Å². The quantitative estimate of drug-likeness (QED) is 0.866. The van der Waals surface area contributed by atoms with Gasteiger partial charge >= 0.3 is 0 Å². The first-order valence-corrected chi connectivity index (χ1v) is 6.54. The highest BCUT2D eigenvalue weighted by Crippen LogP contribution is 2.26. The van der Waals surface area contributed by atoms with Gasteiger partial charge in [0.2, 0.25) is 5.91 Å². The lowest BCUT2D eigenvalue weighted by Gasteiger charge is -2.08. The number of carbonyl (C=O) groups is 1. The van der Waals surface area contributed by atoms with Crippen molar-refractivity contribution < 1.29 is 9.90 Å². The molecular weight excluding hydrogens is 240 g/mol. The lowest BCUT2D eigenvalue weighted by Crippen LogP contribution is -2.22. The molecule has 2 N–H and O–H groups in total. The normalized spacial score (nSPS) is 10.6. The van der Waals surface area contributed by atoms with Gasteiger partial charge in [0, 0.05) is 30.1 Å². The molecule has 1 aromatic heterocycles. The summed E-state index contributed by atoms with van der Waals surface area (Å²) in [5, 5.41) is 13.8. The molecule has 1 aromatic carbocycles. The third-order valence-corrected chi connectivity index (χ3v) is 3.06. The minimum absolute atomic E-state index is 0.0161. The Bertz CT molecular complexity index is 581. The molecule has 0 atom stereocenters. The number of amides is 1. The maximum atomic E-state index is 11.5. The van der Waals surface area contributed by atoms with Crippen LogP contribution in [0.3, 0.4) is 0 Å². The molecular formula is C15H18N2O2. The van der Waals surface area contributed by atoms with Gasteiger partial charge in [0.25, 0.3) is 0 Å². The summed E-state index contributed by atoms with van der Waals surface area (Å²) < 4.78 is 0. The Morgan fingerprint density at radius 3 is 3.00 bits per heavy atom. The highest BCUT2D eigenvalue weighted by Gasteiger charge is 2.08. The van der Waals surface area contributed by atoms with Gasteiger partial charge in [0.05, 0.1) is 0 Å². The van der Waals surface area contributed by atoms with Gasteiger partial charge in [-0.15, -0.1) is 0 Å². The summed E-state index contributed by atoms with van der Waals surface area (Å²) in [6.45, 7) is 2.38. The van der Waals surface area contributed by atoms with Crippen molar-refractivity contribution in [1.82, 2.24) is 10.3 Å². The molecule has 100 valence electrons. The summed E-state index contributed by atoms with van der Waals surface area (Å²) in [6.07, 6.45) is 4.06. The Morgan fingerprint density at radius 1 is 1.37 bits per heavy atom. The van der Waals surface area contributed by atoms with Crippen LogP contribution in [0.25, 0.3) is 10.9 Å². The number of phenolic OH excluding ortho intramolecular Hbond substituents is 1. The van der Waals surface area contributed by atoms with Gasteiger partial charge in [0.1, 0.15) is 11.3 Å². The maximum Gasteiger partial charge on any atom is 0.220 e. The Balaban J connectivity index is 2.09. The smallest absolute Gasteiger partial charge is 0.220 e. The second kappa shape index (κ2) is 6.18. The maximum absolute atomic E-state index is 11.5. The molecule has 0 radical (unpaired) electrons. The van der Waals surface area contributed by atoms with Crippen molar-refractivity contribution in [3.05, 3.63) is 36.0 Å². The van der Waals surface area contributed by atoms with E-state index in [0.717, 1.165) is 18.2 Å². The molecule has 0 aliphatic carbocycles. The predicted molar refractivity (Wildman–Crippen MR) is 74.8 cm³/mol. The summed E-state index contributed by atoms with van der Waals surface area (Å²) in [6, 6.07) is 7.44. The van der Waals surface area contributed by atoms with E-state index in [0.29, 0.717) is 24.0 Å². The lowest BCUT2D eigenvalue weighted by atomic mass is 10.1. The molecule has 1 amide bonds. The summed E-state index contributed by atoms with van der Waals surface area (Å²) in [7, 11) is 0. The zero-order valence-electron chi connectivity index (χ0n) is 11.0. The number of hydrogen-bond acceptors (Lipinski definition) is 3. The first-order chi connectivity index (χ1) is 9.22. The highest BCUT2D eigenvalue weighted by molar-refractivity contribution is 5.85. The van der Waals surface area contributed by atoms with Crippen molar-refractivity contribution >= 4 is 16.8 Å². The monoisotopic (exact) mass is 258 g/mol. The Morgan fingerprint density at radius 2 is 2.21 bits per heavy atom. The van der Waals surface area contributed by atoms with E-state index in [-0.39, 0.29) is 11.7 Å². The van der Waals surface area contributed by atoms with Crippen LogP contribution in [0.1, 0.15) is 31.7 Å². The number of benzene rings is 1. The van der Waals surface area contributed by atoms with Crippen molar-refractivity contribution in [2.45, 2.75) is 32.7 Å². The number of nitrogens with zero attached hydrogens (tertiary/aromatic N) is 1. The molecule has 4 heteroatoms. The number of unbranched alkanes of at least 4 members (excludes halogenated alkanes) is 1. The summed E-state index contributed by atoms with van der Waals surface area (Å²) in [4.78, 5) is 15.7. The van der Waals surface area contributed by atoms with Gasteiger partial charge in [0.15, 0.2) is 0 Å². The van der Waals surface area contributed by atoms with Crippen LogP contribution in [0, 0.1) is 0 Å². The van der Waals surface area contributed by atoms with E-state index >= 15 is 0 Å². The fourth-order valence-electron chi connectivity index (χ4n) is 1.93. The first-order valence-electron chi connectivity index (χ1n) is 6.54. The molecule has 19 heavy (non-hydrogen) atoms. The average Bonchev–Trinajstić information content (AvgIpc) is 2.44. The minimum atomic E-state index is 0.0161. The van der Waals surface area contributed by atoms with Crippen LogP contribution in [0.2, 0.25) is 0 Å². The molecule has 2 aromatic rings. The SMILES string of the molecule is CCCCC(=O)NCc1ccc2cccnc2c1O. The van der Waals surface area contributed by atoms with Crippen molar-refractivity contribution in [2.24, 2.45) is 0 Å². The van der Waals surface area contributed by atoms with Gasteiger partial charge in [-0.2, -0.15) is 0 Å². The molecule has 0 saturated heterocycles. The molecule has 0 aliphatic rings. The fourth-order valence-corrected chi connectivity index (χ4v) is 1.93. The van der Waals surface area contributed by atoms with Crippen LogP contribution in [-0.4, -0.2) is 16.0 Å². The van der Waals surface area contributed by atoms with E-state index in [9.17, 15) is 9.90 Å². The molecule has 0 aliphatic heterocycles. The number of rotatable bonds is 5. The average molecular weight is 258 g/mol. The summed E-state index contributed by atoms with van der Waals surface area (Å²) in [5.74, 6) is 0.163. The Kier molecular flexibility index (Phi) is 4.34. The zero-order chi connectivity index (χ0) is 13.7. The van der Waals surface area contributed by atoms with Crippen LogP contribution < -0.4 is 5.32 Å². The summed E-state index contributed by atoms with van der Waals surface area (Å²) in [5.41, 5.74) is 1.26. The van der Waals surface area contributed by atoms with Crippen LogP contribution in [0.4, 0.5) is 0 Å². The van der Waals surface area contributed by atoms with Crippen LogP contribution in [0.15, 0.2) is 30.5 Å². The van der Waals surface area contributed by atoms with Gasteiger partial charge in [-0.1, -0.05) is 31.5 Å². The molecule has 2 rings (SSSR count). The number of fused-ring (bicyclic) bond motifs is 1. The largest absolute Gasteiger partial charge is 0.505 e. The van der Waals surface area contributed by atoms with Gasteiger partial charge < -0.3 is 10.4 Å². The van der Waals surface area contributed by atoms with Crippen molar-refractivity contribution in [2.75, 3.05) is 0 Å². The van der Waals surface area contributed by atoms with Gasteiger partial charge in [-0.25, -0.2) is 0 Å². The van der Waals surface area contributed by atoms with Crippen LogP contribution in [-0.2, 0) is 11.3 Å². The molecule has 1 heterocycles. The van der Waals surface area contributed by atoms with Crippen molar-refractivity contribution in [3.63, 3.8) is 0 Å². The van der Waals surface area contributed by atoms with E-state index in [1.54, 1.807) is 6.20 Å². The second-order valence-electron chi connectivity index (χ2n) is 4.53. The van der Waals surface area contributed by atoms with Crippen LogP contribution >= 0.6 is 0 Å². The Hall–Kier alpha value is -2.10. The number of carbonyl (C=O) groups excluding carboxylic acids is 1. The standard InChI is InChI=1S/C15H18N2O2/c1-2-3-6-13(18)17-10-12-8-7-11-5-4-9-16-14(11)15(12)19/h4-5,7-9,19H,2-3,6,10H2,1H3,(H,17,18). The number of phenols is 1. The Labute approximate surface area is 112 Å². The second-order valence-corrected chi connectivity index (χ2v) is 4.53. The van der Waals surface area contributed by atoms with Crippen molar-refractivity contribution in [3.8, 4) is 5.75 Å². The van der Waals surface area contributed by atoms with E-state index in [1.807, 2.05) is 31.2 Å². The predicted octanol–water partition coefficient (Wildman–Crippen LogP) is 2.75. The molecule has 4 nitrogen and oxygen atoms in total. The number of nitrogens with one attached hydrogen (secondary N) is 1. The van der Waals surface area contributed by atoms with Crippen LogP contribution in [0.5, 0.6) is 5.75 Å². The number of aromatic nitrogens is 1. The molecule has 0 bridgehead atoms. The molecule has 0 saturated carbocycles. The third kappa shape index (κ3) is 3.22. The van der Waals surface area contributed by atoms with E-state index < -0.39 is 0 Å². The topological polar surface area (TPSA) is 62.2 Å². The third-order valence-electron chi connectivity index (χ3n) is 3.06. The molecule has 0 spiro atoms. The number of hydrogen-bond donors (Lipinski definition) is 2. The van der Waals surface area contributed by atoms with E-state index in [2.05, 4.69) is 10.3 Å². The fraction of sp³-hybridized carbons (Fsp3) is 0.333. The number of pyridine rings is 1. The number of aromatic hydroxyl groups is 1. The zero-order valence-corrected chi connectivity index (χ0v) is 11.0. The summed E-state index contributed by atoms with van der Waals surface area (Å²) >= 11 is 0. The minimum Gasteiger partial charge on any atom is -0.505 e. The van der Waals surface area contributed by atoms with Crippen molar-refractivity contribution in [1.29, 1.82) is 0 Å². The highest BCUT2D eigenvalue weighted by atomic mass is 16.3.